The van der Waals surface area contributed by atoms with Crippen LogP contribution in [0.5, 0.6) is 5.75 Å². The number of allylic oxidation sites excluding steroid dienone is 1. The Morgan fingerprint density at radius 3 is 2.60 bits per heavy atom. The van der Waals surface area contributed by atoms with Crippen LogP contribution in [-0.4, -0.2) is 18.8 Å². The van der Waals surface area contributed by atoms with Crippen molar-refractivity contribution < 1.29 is 9.47 Å². The number of hydrogen-bond acceptors (Lipinski definition) is 3. The van der Waals surface area contributed by atoms with Gasteiger partial charge in [0.25, 0.3) is 0 Å². The van der Waals surface area contributed by atoms with Crippen LogP contribution in [0.1, 0.15) is 45.2 Å². The first kappa shape index (κ1) is 14.9. The molecule has 1 aromatic rings. The van der Waals surface area contributed by atoms with E-state index in [4.69, 9.17) is 9.47 Å². The SMILES string of the molecule is CC(C)Oc1ccc(C(C)NCC2CCC=CO2)cc1. The molecule has 3 heteroatoms. The van der Waals surface area contributed by atoms with E-state index in [1.807, 2.05) is 32.2 Å². The molecule has 0 saturated heterocycles. The van der Waals surface area contributed by atoms with Gasteiger partial charge in [-0.2, -0.15) is 0 Å². The van der Waals surface area contributed by atoms with Gasteiger partial charge in [-0.25, -0.2) is 0 Å². The highest BCUT2D eigenvalue weighted by Gasteiger charge is 2.13. The molecule has 0 amide bonds. The van der Waals surface area contributed by atoms with Gasteiger partial charge in [0.05, 0.1) is 12.4 Å². The second-order valence-corrected chi connectivity index (χ2v) is 5.57. The van der Waals surface area contributed by atoms with E-state index in [0.29, 0.717) is 12.1 Å². The Kier molecular flexibility index (Phi) is 5.48. The van der Waals surface area contributed by atoms with Crippen LogP contribution in [0, 0.1) is 0 Å². The van der Waals surface area contributed by atoms with Crippen molar-refractivity contribution in [1.29, 1.82) is 0 Å². The molecule has 3 nitrogen and oxygen atoms in total. The first-order chi connectivity index (χ1) is 9.65. The lowest BCUT2D eigenvalue weighted by Gasteiger charge is -2.22. The summed E-state index contributed by atoms with van der Waals surface area (Å²) in [5, 5.41) is 3.53. The lowest BCUT2D eigenvalue weighted by Crippen LogP contribution is -2.31. The van der Waals surface area contributed by atoms with Crippen LogP contribution in [0.2, 0.25) is 0 Å². The van der Waals surface area contributed by atoms with Crippen molar-refractivity contribution in [2.75, 3.05) is 6.54 Å². The molecule has 2 atom stereocenters. The van der Waals surface area contributed by atoms with Crippen molar-refractivity contribution in [3.05, 3.63) is 42.2 Å². The van der Waals surface area contributed by atoms with Gasteiger partial charge >= 0.3 is 0 Å². The lowest BCUT2D eigenvalue weighted by molar-refractivity contribution is 0.120. The molecule has 2 rings (SSSR count). The maximum absolute atomic E-state index is 5.66. The molecule has 0 aromatic heterocycles. The highest BCUT2D eigenvalue weighted by Crippen LogP contribution is 2.19. The van der Waals surface area contributed by atoms with E-state index in [-0.39, 0.29) is 6.10 Å². The first-order valence-corrected chi connectivity index (χ1v) is 7.45. The predicted octanol–water partition coefficient (Wildman–Crippen LogP) is 3.82. The molecule has 1 aliphatic rings. The van der Waals surface area contributed by atoms with Crippen LogP contribution in [0.25, 0.3) is 0 Å². The quantitative estimate of drug-likeness (QED) is 0.856. The monoisotopic (exact) mass is 275 g/mol. The Bertz CT molecular complexity index is 425. The van der Waals surface area contributed by atoms with Crippen molar-refractivity contribution in [2.45, 2.75) is 51.9 Å². The van der Waals surface area contributed by atoms with Crippen LogP contribution in [0.4, 0.5) is 0 Å². The second kappa shape index (κ2) is 7.34. The first-order valence-electron chi connectivity index (χ1n) is 7.45. The summed E-state index contributed by atoms with van der Waals surface area (Å²) in [5.41, 5.74) is 1.27. The van der Waals surface area contributed by atoms with Gasteiger partial charge in [0.2, 0.25) is 0 Å². The minimum Gasteiger partial charge on any atom is -0.497 e. The maximum Gasteiger partial charge on any atom is 0.119 e. The van der Waals surface area contributed by atoms with E-state index in [0.717, 1.165) is 25.1 Å². The summed E-state index contributed by atoms with van der Waals surface area (Å²) < 4.78 is 11.2. The summed E-state index contributed by atoms with van der Waals surface area (Å²) in [6, 6.07) is 8.63. The number of ether oxygens (including phenoxy) is 2. The number of hydrogen-bond donors (Lipinski definition) is 1. The molecule has 20 heavy (non-hydrogen) atoms. The Morgan fingerprint density at radius 1 is 1.25 bits per heavy atom. The maximum atomic E-state index is 5.66. The molecule has 0 fully saturated rings. The van der Waals surface area contributed by atoms with Crippen molar-refractivity contribution in [1.82, 2.24) is 5.32 Å². The summed E-state index contributed by atoms with van der Waals surface area (Å²) in [4.78, 5) is 0. The summed E-state index contributed by atoms with van der Waals surface area (Å²) >= 11 is 0. The third-order valence-corrected chi connectivity index (χ3v) is 3.43. The molecule has 1 heterocycles. The number of rotatable bonds is 6. The van der Waals surface area contributed by atoms with E-state index in [2.05, 4.69) is 30.4 Å². The van der Waals surface area contributed by atoms with Crippen LogP contribution in [0.15, 0.2) is 36.6 Å². The second-order valence-electron chi connectivity index (χ2n) is 5.57. The van der Waals surface area contributed by atoms with Crippen molar-refractivity contribution in [3.8, 4) is 5.75 Å². The van der Waals surface area contributed by atoms with E-state index in [9.17, 15) is 0 Å². The van der Waals surface area contributed by atoms with Gasteiger partial charge < -0.3 is 14.8 Å². The molecule has 110 valence electrons. The fourth-order valence-electron chi connectivity index (χ4n) is 2.27. The number of benzene rings is 1. The minimum atomic E-state index is 0.216. The Balaban J connectivity index is 1.82. The standard InChI is InChI=1S/C17H25NO2/c1-13(2)20-16-9-7-15(8-10-16)14(3)18-12-17-6-4-5-11-19-17/h5,7-11,13-14,17-18H,4,6,12H2,1-3H3. The highest BCUT2D eigenvalue weighted by molar-refractivity contribution is 5.29. The topological polar surface area (TPSA) is 30.5 Å². The van der Waals surface area contributed by atoms with Crippen molar-refractivity contribution in [2.24, 2.45) is 0 Å². The van der Waals surface area contributed by atoms with Crippen LogP contribution >= 0.6 is 0 Å². The molecule has 0 spiro atoms. The smallest absolute Gasteiger partial charge is 0.119 e. The summed E-state index contributed by atoms with van der Waals surface area (Å²) in [6.07, 6.45) is 6.62. The molecule has 0 aliphatic carbocycles. The van der Waals surface area contributed by atoms with Gasteiger partial charge in [-0.3, -0.25) is 0 Å². The molecule has 0 bridgehead atoms. The average molecular weight is 275 g/mol. The third-order valence-electron chi connectivity index (χ3n) is 3.43. The molecule has 1 aliphatic heterocycles. The molecule has 1 aromatic carbocycles. The fraction of sp³-hybridized carbons (Fsp3) is 0.529. The molecular weight excluding hydrogens is 250 g/mol. The van der Waals surface area contributed by atoms with Gasteiger partial charge in [-0.15, -0.1) is 0 Å². The van der Waals surface area contributed by atoms with E-state index >= 15 is 0 Å². The molecule has 0 radical (unpaired) electrons. The van der Waals surface area contributed by atoms with Crippen molar-refractivity contribution >= 4 is 0 Å². The zero-order valence-electron chi connectivity index (χ0n) is 12.6. The van der Waals surface area contributed by atoms with Crippen molar-refractivity contribution in [3.63, 3.8) is 0 Å². The van der Waals surface area contributed by atoms with E-state index in [1.165, 1.54) is 5.56 Å². The molecule has 2 unspecified atom stereocenters. The summed E-state index contributed by atoms with van der Waals surface area (Å²) in [5.74, 6) is 0.928. The van der Waals surface area contributed by atoms with Crippen LogP contribution in [0.3, 0.4) is 0 Å². The Hall–Kier alpha value is -1.48. The fourth-order valence-corrected chi connectivity index (χ4v) is 2.27. The molecule has 0 saturated carbocycles. The minimum absolute atomic E-state index is 0.216. The van der Waals surface area contributed by atoms with Gasteiger partial charge in [-0.1, -0.05) is 12.1 Å². The molecule has 1 N–H and O–H groups in total. The molecular formula is C17H25NO2. The van der Waals surface area contributed by atoms with Crippen LogP contribution in [-0.2, 0) is 4.74 Å². The Labute approximate surface area is 122 Å². The van der Waals surface area contributed by atoms with Gasteiger partial charge in [0.15, 0.2) is 0 Å². The Morgan fingerprint density at radius 2 is 2.00 bits per heavy atom. The summed E-state index contributed by atoms with van der Waals surface area (Å²) in [6.45, 7) is 7.14. The average Bonchev–Trinajstić information content (AvgIpc) is 2.46. The number of nitrogens with one attached hydrogen (secondary N) is 1. The van der Waals surface area contributed by atoms with Gasteiger partial charge in [0, 0.05) is 12.6 Å². The zero-order chi connectivity index (χ0) is 14.4. The van der Waals surface area contributed by atoms with E-state index in [1.54, 1.807) is 0 Å². The highest BCUT2D eigenvalue weighted by atomic mass is 16.5. The van der Waals surface area contributed by atoms with Crippen LogP contribution < -0.4 is 10.1 Å². The van der Waals surface area contributed by atoms with Gasteiger partial charge in [0.1, 0.15) is 11.9 Å². The normalized spacial score (nSPS) is 19.7. The predicted molar refractivity (Wildman–Crippen MR) is 81.9 cm³/mol. The van der Waals surface area contributed by atoms with Gasteiger partial charge in [-0.05, 0) is 57.4 Å². The van der Waals surface area contributed by atoms with E-state index < -0.39 is 0 Å². The lowest BCUT2D eigenvalue weighted by atomic mass is 10.1. The third kappa shape index (κ3) is 4.57. The zero-order valence-corrected chi connectivity index (χ0v) is 12.6. The summed E-state index contributed by atoms with van der Waals surface area (Å²) in [7, 11) is 0. The largest absolute Gasteiger partial charge is 0.497 e.